The van der Waals surface area contributed by atoms with Crippen molar-refractivity contribution in [1.82, 2.24) is 0 Å². The molecule has 0 aromatic heterocycles. The Morgan fingerprint density at radius 1 is 0.478 bits per heavy atom. The first-order valence-electron chi connectivity index (χ1n) is 7.55. The Bertz CT molecular complexity index is 853. The molecular weight excluding hydrogens is 280 g/mol. The first-order chi connectivity index (χ1) is 11.4. The Kier molecular flexibility index (Phi) is 4.39. The lowest BCUT2D eigenvalue weighted by molar-refractivity contribution is 0.494. The van der Waals surface area contributed by atoms with Crippen LogP contribution in [0.25, 0.3) is 21.5 Å². The van der Waals surface area contributed by atoms with E-state index in [2.05, 4.69) is 49.6 Å². The fourth-order valence-electron chi connectivity index (χ4n) is 2.69. The van der Waals surface area contributed by atoms with Crippen LogP contribution in [0.5, 0.6) is 11.5 Å². The number of hydrogen-bond acceptors (Lipinski definition) is 1. The van der Waals surface area contributed by atoms with Crippen molar-refractivity contribution in [3.05, 3.63) is 98.1 Å². The maximum Gasteiger partial charge on any atom is 0.135 e. The van der Waals surface area contributed by atoms with Crippen LogP contribution in [0.3, 0.4) is 0 Å². The van der Waals surface area contributed by atoms with Gasteiger partial charge in [0.2, 0.25) is 0 Å². The summed E-state index contributed by atoms with van der Waals surface area (Å²) in [4.78, 5) is 0. The van der Waals surface area contributed by atoms with Gasteiger partial charge in [-0.05, 0) is 22.9 Å². The molecule has 0 bridgehead atoms. The van der Waals surface area contributed by atoms with E-state index in [0.29, 0.717) is 0 Å². The third kappa shape index (κ3) is 2.95. The zero-order valence-electron chi connectivity index (χ0n) is 12.9. The van der Waals surface area contributed by atoms with Crippen LogP contribution in [0.15, 0.2) is 98.1 Å². The van der Waals surface area contributed by atoms with Crippen LogP contribution in [-0.4, -0.2) is 0 Å². The number of benzene rings is 4. The minimum Gasteiger partial charge on any atom is -0.456 e. The molecule has 0 aliphatic carbocycles. The van der Waals surface area contributed by atoms with E-state index in [-0.39, 0.29) is 0 Å². The lowest BCUT2D eigenvalue weighted by atomic mass is 10.1. The summed E-state index contributed by atoms with van der Waals surface area (Å²) < 4.78 is 6.20. The fraction of sp³-hybridized carbons (Fsp3) is 0. The quantitative estimate of drug-likeness (QED) is 0.379. The van der Waals surface area contributed by atoms with Crippen molar-refractivity contribution in [1.29, 1.82) is 0 Å². The Balaban J connectivity index is 0.000000753. The third-order valence-electron chi connectivity index (χ3n) is 3.72. The van der Waals surface area contributed by atoms with Crippen LogP contribution in [0.2, 0.25) is 0 Å². The molecular formula is C22H18O. The van der Waals surface area contributed by atoms with Crippen LogP contribution in [-0.2, 0) is 0 Å². The number of ether oxygens (including phenoxy) is 1. The zero-order chi connectivity index (χ0) is 16.1. The van der Waals surface area contributed by atoms with E-state index in [4.69, 9.17) is 4.74 Å². The Labute approximate surface area is 136 Å². The van der Waals surface area contributed by atoms with E-state index in [9.17, 15) is 0 Å². The molecule has 0 saturated carbocycles. The Morgan fingerprint density at radius 2 is 0.870 bits per heavy atom. The van der Waals surface area contributed by atoms with Gasteiger partial charge in [0, 0.05) is 10.8 Å². The Morgan fingerprint density at radius 3 is 1.35 bits per heavy atom. The first-order valence-corrected chi connectivity index (χ1v) is 7.55. The van der Waals surface area contributed by atoms with Gasteiger partial charge in [-0.15, -0.1) is 13.2 Å². The molecule has 0 atom stereocenters. The van der Waals surface area contributed by atoms with E-state index < -0.39 is 0 Å². The van der Waals surface area contributed by atoms with E-state index >= 15 is 0 Å². The van der Waals surface area contributed by atoms with Gasteiger partial charge in [-0.2, -0.15) is 0 Å². The average molecular weight is 298 g/mol. The molecule has 0 aliphatic rings. The van der Waals surface area contributed by atoms with Crippen LogP contribution in [0.4, 0.5) is 0 Å². The molecule has 4 rings (SSSR count). The van der Waals surface area contributed by atoms with E-state index in [1.807, 2.05) is 48.5 Å². The number of rotatable bonds is 2. The SMILES string of the molecule is C=C.c1ccc2c(Oc3cccc4ccccc34)cccc2c1. The van der Waals surface area contributed by atoms with Gasteiger partial charge in [-0.25, -0.2) is 0 Å². The normalized spacial score (nSPS) is 10.1. The number of hydrogen-bond donors (Lipinski definition) is 0. The summed E-state index contributed by atoms with van der Waals surface area (Å²) >= 11 is 0. The molecule has 4 aromatic rings. The second kappa shape index (κ2) is 6.80. The highest BCUT2D eigenvalue weighted by Crippen LogP contribution is 2.33. The van der Waals surface area contributed by atoms with Crippen molar-refractivity contribution in [2.45, 2.75) is 0 Å². The van der Waals surface area contributed by atoms with Gasteiger partial charge in [-0.1, -0.05) is 72.8 Å². The minimum absolute atomic E-state index is 0.893. The van der Waals surface area contributed by atoms with Crippen molar-refractivity contribution in [2.24, 2.45) is 0 Å². The van der Waals surface area contributed by atoms with Crippen LogP contribution in [0.1, 0.15) is 0 Å². The van der Waals surface area contributed by atoms with Crippen LogP contribution in [0, 0.1) is 0 Å². The molecule has 0 saturated heterocycles. The summed E-state index contributed by atoms with van der Waals surface area (Å²) in [6.07, 6.45) is 0. The predicted octanol–water partition coefficient (Wildman–Crippen LogP) is 6.59. The van der Waals surface area contributed by atoms with Gasteiger partial charge in [-0.3, -0.25) is 0 Å². The van der Waals surface area contributed by atoms with Crippen LogP contribution >= 0.6 is 0 Å². The second-order valence-corrected chi connectivity index (χ2v) is 5.06. The van der Waals surface area contributed by atoms with Gasteiger partial charge >= 0.3 is 0 Å². The molecule has 0 amide bonds. The largest absolute Gasteiger partial charge is 0.456 e. The molecule has 23 heavy (non-hydrogen) atoms. The smallest absolute Gasteiger partial charge is 0.135 e. The summed E-state index contributed by atoms with van der Waals surface area (Å²) in [6.45, 7) is 6.00. The van der Waals surface area contributed by atoms with Crippen molar-refractivity contribution in [2.75, 3.05) is 0 Å². The average Bonchev–Trinajstić information content (AvgIpc) is 2.64. The summed E-state index contributed by atoms with van der Waals surface area (Å²) in [5, 5.41) is 4.64. The van der Waals surface area contributed by atoms with Crippen molar-refractivity contribution < 1.29 is 4.74 Å². The van der Waals surface area contributed by atoms with Gasteiger partial charge < -0.3 is 4.74 Å². The van der Waals surface area contributed by atoms with Crippen molar-refractivity contribution in [3.8, 4) is 11.5 Å². The molecule has 0 radical (unpaired) electrons. The van der Waals surface area contributed by atoms with E-state index in [0.717, 1.165) is 22.3 Å². The second-order valence-electron chi connectivity index (χ2n) is 5.06. The molecule has 0 N–H and O–H groups in total. The molecule has 0 fully saturated rings. The summed E-state index contributed by atoms with van der Waals surface area (Å²) in [5.74, 6) is 1.79. The maximum absolute atomic E-state index is 6.20. The van der Waals surface area contributed by atoms with Crippen molar-refractivity contribution in [3.63, 3.8) is 0 Å². The number of fused-ring (bicyclic) bond motifs is 2. The lowest BCUT2D eigenvalue weighted by Crippen LogP contribution is -1.87. The first kappa shape index (κ1) is 14.9. The summed E-state index contributed by atoms with van der Waals surface area (Å²) in [5.41, 5.74) is 0. The summed E-state index contributed by atoms with van der Waals surface area (Å²) in [7, 11) is 0. The molecule has 1 heteroatoms. The molecule has 0 aliphatic heterocycles. The minimum atomic E-state index is 0.893. The van der Waals surface area contributed by atoms with Gasteiger partial charge in [0.1, 0.15) is 11.5 Å². The maximum atomic E-state index is 6.20. The van der Waals surface area contributed by atoms with Gasteiger partial charge in [0.15, 0.2) is 0 Å². The third-order valence-corrected chi connectivity index (χ3v) is 3.72. The van der Waals surface area contributed by atoms with E-state index in [1.165, 1.54) is 10.8 Å². The molecule has 4 aromatic carbocycles. The molecule has 0 spiro atoms. The topological polar surface area (TPSA) is 9.23 Å². The van der Waals surface area contributed by atoms with Crippen molar-refractivity contribution >= 4 is 21.5 Å². The van der Waals surface area contributed by atoms with Crippen LogP contribution < -0.4 is 4.74 Å². The molecule has 0 heterocycles. The standard InChI is InChI=1S/C20H14O.C2H4/c1-3-11-17-15(7-1)9-5-13-19(17)21-20-14-6-10-16-8-2-4-12-18(16)20;1-2/h1-14H;1-2H2. The Hall–Kier alpha value is -3.06. The fourth-order valence-corrected chi connectivity index (χ4v) is 2.69. The zero-order valence-corrected chi connectivity index (χ0v) is 12.9. The van der Waals surface area contributed by atoms with Gasteiger partial charge in [0.05, 0.1) is 0 Å². The predicted molar refractivity (Wildman–Crippen MR) is 99.2 cm³/mol. The lowest BCUT2D eigenvalue weighted by Gasteiger charge is -2.11. The van der Waals surface area contributed by atoms with Gasteiger partial charge in [0.25, 0.3) is 0 Å². The molecule has 1 nitrogen and oxygen atoms in total. The molecule has 112 valence electrons. The highest BCUT2D eigenvalue weighted by atomic mass is 16.5. The highest BCUT2D eigenvalue weighted by molar-refractivity contribution is 5.91. The van der Waals surface area contributed by atoms with E-state index in [1.54, 1.807) is 0 Å². The monoisotopic (exact) mass is 298 g/mol. The molecule has 0 unspecified atom stereocenters. The summed E-state index contributed by atoms with van der Waals surface area (Å²) in [6, 6.07) is 28.9. The highest BCUT2D eigenvalue weighted by Gasteiger charge is 2.05.